The number of carbonyl (C=O) groups excluding carboxylic acids is 1. The number of fused-ring (bicyclic) bond motifs is 10. The van der Waals surface area contributed by atoms with Crippen LogP contribution < -0.4 is 11.5 Å². The molecule has 8 fully saturated rings. The van der Waals surface area contributed by atoms with Gasteiger partial charge in [0, 0.05) is 11.4 Å². The second kappa shape index (κ2) is 19.2. The summed E-state index contributed by atoms with van der Waals surface area (Å²) < 4.78 is 6.10. The van der Waals surface area contributed by atoms with Crippen molar-refractivity contribution in [2.45, 2.75) is 229 Å². The number of nitrogen functional groups attached to an aromatic ring is 2. The zero-order chi connectivity index (χ0) is 45.9. The summed E-state index contributed by atoms with van der Waals surface area (Å²) in [6.07, 6.45) is 38.0. The Morgan fingerprint density at radius 1 is 0.569 bits per heavy atom. The van der Waals surface area contributed by atoms with Crippen molar-refractivity contribution < 1.29 is 9.53 Å². The van der Waals surface area contributed by atoms with Crippen molar-refractivity contribution in [2.24, 2.45) is 105 Å². The van der Waals surface area contributed by atoms with Gasteiger partial charge in [0.15, 0.2) is 0 Å². The van der Waals surface area contributed by atoms with E-state index in [9.17, 15) is 4.79 Å². The Morgan fingerprint density at radius 2 is 1.06 bits per heavy atom. The van der Waals surface area contributed by atoms with Gasteiger partial charge in [-0.1, -0.05) is 113 Å². The molecule has 0 amide bonds. The molecule has 4 unspecified atom stereocenters. The second-order valence-electron chi connectivity index (χ2n) is 27.2. The standard InChI is InChI=1S/C61H100N2O2/c1-39(15-13-17-41(3)50-25-27-52-46-23-21-43-19-9-11-31-58(43,5)54(46)29-33-60(50,52)7)35-48-49(36-45(62)37-56(48)63)57(64)65-38-40(2)16-14-18-42(4)51-26-28-53-47-24-22-44-20-10-12-32-59(44,6)55(47)30-34-61(51,53)8/h36-37,39-44,46-47,50-55H,9-35,38,62-63H2,1-8H3/t39?,40?,41-,42-,43?,44?,46+,47+,50-,51-,52+,53+,54+,55+,58+,59+,60-,61-/m1/s1. The third kappa shape index (κ3) is 8.92. The lowest BCUT2D eigenvalue weighted by Gasteiger charge is -2.61. The van der Waals surface area contributed by atoms with E-state index in [-0.39, 0.29) is 5.97 Å². The summed E-state index contributed by atoms with van der Waals surface area (Å²) in [5.74, 6) is 11.7. The van der Waals surface area contributed by atoms with Gasteiger partial charge < -0.3 is 16.2 Å². The van der Waals surface area contributed by atoms with Gasteiger partial charge in [-0.25, -0.2) is 4.79 Å². The fourth-order valence-electron chi connectivity index (χ4n) is 20.5. The molecule has 18 atom stereocenters. The first-order chi connectivity index (χ1) is 31.1. The van der Waals surface area contributed by atoms with Crippen molar-refractivity contribution in [3.63, 3.8) is 0 Å². The molecule has 0 aliphatic heterocycles. The molecule has 1 aromatic rings. The molecule has 366 valence electrons. The summed E-state index contributed by atoms with van der Waals surface area (Å²) in [5.41, 5.74) is 18.0. The van der Waals surface area contributed by atoms with Crippen molar-refractivity contribution >= 4 is 17.3 Å². The number of esters is 1. The molecule has 0 radical (unpaired) electrons. The molecule has 1 aromatic carbocycles. The molecule has 0 saturated heterocycles. The third-order valence-electron chi connectivity index (χ3n) is 24.0. The average Bonchev–Trinajstić information content (AvgIpc) is 3.83. The van der Waals surface area contributed by atoms with E-state index in [2.05, 4.69) is 55.4 Å². The first-order valence-electron chi connectivity index (χ1n) is 28.9. The van der Waals surface area contributed by atoms with E-state index in [0.717, 1.165) is 95.8 Å². The van der Waals surface area contributed by atoms with Crippen LogP contribution in [0.5, 0.6) is 0 Å². The topological polar surface area (TPSA) is 78.3 Å². The van der Waals surface area contributed by atoms with Gasteiger partial charge in [-0.05, 0) is 238 Å². The Balaban J connectivity index is 0.719. The highest BCUT2D eigenvalue weighted by atomic mass is 16.5. The number of hydrogen-bond donors (Lipinski definition) is 2. The van der Waals surface area contributed by atoms with Crippen LogP contribution >= 0.6 is 0 Å². The van der Waals surface area contributed by atoms with E-state index in [1.807, 2.05) is 12.1 Å². The van der Waals surface area contributed by atoms with E-state index < -0.39 is 0 Å². The third-order valence-corrected chi connectivity index (χ3v) is 24.0. The van der Waals surface area contributed by atoms with Crippen molar-refractivity contribution in [1.82, 2.24) is 0 Å². The fourth-order valence-corrected chi connectivity index (χ4v) is 20.5. The monoisotopic (exact) mass is 893 g/mol. The lowest BCUT2D eigenvalue weighted by Crippen LogP contribution is -2.53. The van der Waals surface area contributed by atoms with Crippen LogP contribution in [-0.4, -0.2) is 12.6 Å². The van der Waals surface area contributed by atoms with Gasteiger partial charge in [0.2, 0.25) is 0 Å². The first-order valence-corrected chi connectivity index (χ1v) is 28.9. The first kappa shape index (κ1) is 48.3. The molecule has 4 nitrogen and oxygen atoms in total. The fraction of sp³-hybridized carbons (Fsp3) is 0.885. The second-order valence-corrected chi connectivity index (χ2v) is 27.2. The van der Waals surface area contributed by atoms with Crippen molar-refractivity contribution in [1.29, 1.82) is 0 Å². The lowest BCUT2D eigenvalue weighted by molar-refractivity contribution is -0.114. The SMILES string of the molecule is CC(CCC[C@@H](C)[C@H]1CC[C@H]2[C@@H]3CCC4CCCC[C@]4(C)[C@H]3CC[C@]12C)COC(=O)c1cc(N)cc(N)c1CC(C)CCC[C@@H](C)[C@H]1CC[C@H]2[C@@H]3CCC4CCCC[C@]4(C)[C@H]3CC[C@]12C. The summed E-state index contributed by atoms with van der Waals surface area (Å²) in [7, 11) is 0. The number of anilines is 2. The van der Waals surface area contributed by atoms with Crippen LogP contribution in [0.1, 0.15) is 238 Å². The number of nitrogens with two attached hydrogens (primary N) is 2. The highest BCUT2D eigenvalue weighted by molar-refractivity contribution is 5.94. The maximum atomic E-state index is 13.8. The molecule has 65 heavy (non-hydrogen) atoms. The number of carbonyl (C=O) groups is 1. The normalized spacial score (nSPS) is 42.8. The quantitative estimate of drug-likeness (QED) is 0.136. The number of ether oxygens (including phenoxy) is 1. The smallest absolute Gasteiger partial charge is 0.338 e. The molecule has 0 bridgehead atoms. The maximum absolute atomic E-state index is 13.8. The molecule has 0 spiro atoms. The minimum atomic E-state index is -0.249. The van der Waals surface area contributed by atoms with Crippen molar-refractivity contribution in [3.05, 3.63) is 23.3 Å². The molecule has 0 aromatic heterocycles. The Bertz CT molecular complexity index is 1810. The van der Waals surface area contributed by atoms with Crippen LogP contribution in [0.3, 0.4) is 0 Å². The molecule has 8 saturated carbocycles. The molecule has 9 rings (SSSR count). The van der Waals surface area contributed by atoms with Gasteiger partial charge >= 0.3 is 5.97 Å². The summed E-state index contributed by atoms with van der Waals surface area (Å²) in [6, 6.07) is 3.67. The Kier molecular flexibility index (Phi) is 14.3. The highest BCUT2D eigenvalue weighted by Crippen LogP contribution is 2.70. The van der Waals surface area contributed by atoms with Crippen LogP contribution in [0.4, 0.5) is 11.4 Å². The Morgan fingerprint density at radius 3 is 1.58 bits per heavy atom. The van der Waals surface area contributed by atoms with E-state index >= 15 is 0 Å². The number of benzene rings is 1. The molecular weight excluding hydrogens is 793 g/mol. The minimum absolute atomic E-state index is 0.249. The molecular formula is C61H100N2O2. The predicted molar refractivity (Wildman–Crippen MR) is 273 cm³/mol. The van der Waals surface area contributed by atoms with Gasteiger partial charge in [-0.2, -0.15) is 0 Å². The minimum Gasteiger partial charge on any atom is -0.462 e. The van der Waals surface area contributed by atoms with Gasteiger partial charge in [0.05, 0.1) is 12.2 Å². The van der Waals surface area contributed by atoms with Gasteiger partial charge in [0.1, 0.15) is 0 Å². The summed E-state index contributed by atoms with van der Waals surface area (Å²) >= 11 is 0. The number of hydrogen-bond acceptors (Lipinski definition) is 4. The highest BCUT2D eigenvalue weighted by Gasteiger charge is 2.61. The van der Waals surface area contributed by atoms with Crippen LogP contribution in [-0.2, 0) is 11.2 Å². The van der Waals surface area contributed by atoms with Gasteiger partial charge in [-0.3, -0.25) is 0 Å². The Hall–Kier alpha value is -1.71. The molecule has 8 aliphatic carbocycles. The zero-order valence-corrected chi connectivity index (χ0v) is 43.5. The largest absolute Gasteiger partial charge is 0.462 e. The molecule has 0 heterocycles. The Labute approximate surface area is 399 Å². The van der Waals surface area contributed by atoms with Gasteiger partial charge in [0.25, 0.3) is 0 Å². The van der Waals surface area contributed by atoms with Crippen molar-refractivity contribution in [2.75, 3.05) is 18.1 Å². The van der Waals surface area contributed by atoms with E-state index in [0.29, 0.717) is 57.0 Å². The molecule has 8 aliphatic rings. The predicted octanol–water partition coefficient (Wildman–Crippen LogP) is 16.5. The van der Waals surface area contributed by atoms with Crippen LogP contribution in [0, 0.1) is 105 Å². The molecule has 4 N–H and O–H groups in total. The van der Waals surface area contributed by atoms with Crippen molar-refractivity contribution in [3.8, 4) is 0 Å². The van der Waals surface area contributed by atoms with Crippen LogP contribution in [0.25, 0.3) is 0 Å². The average molecular weight is 893 g/mol. The van der Waals surface area contributed by atoms with Crippen LogP contribution in [0.2, 0.25) is 0 Å². The number of rotatable bonds is 15. The summed E-state index contributed by atoms with van der Waals surface area (Å²) in [4.78, 5) is 13.8. The van der Waals surface area contributed by atoms with E-state index in [1.54, 1.807) is 0 Å². The lowest BCUT2D eigenvalue weighted by atomic mass is 9.44. The van der Waals surface area contributed by atoms with Crippen LogP contribution in [0.15, 0.2) is 12.1 Å². The van der Waals surface area contributed by atoms with E-state index in [1.165, 1.54) is 154 Å². The van der Waals surface area contributed by atoms with E-state index in [4.69, 9.17) is 16.2 Å². The maximum Gasteiger partial charge on any atom is 0.338 e. The summed E-state index contributed by atoms with van der Waals surface area (Å²) in [6.45, 7) is 21.2. The summed E-state index contributed by atoms with van der Waals surface area (Å²) in [5, 5.41) is 0. The van der Waals surface area contributed by atoms with Gasteiger partial charge in [-0.15, -0.1) is 0 Å². The molecule has 4 heteroatoms. The zero-order valence-electron chi connectivity index (χ0n) is 43.5.